The molecule has 0 bridgehead atoms. The number of benzene rings is 1. The van der Waals surface area contributed by atoms with E-state index >= 15 is 0 Å². The molecule has 1 aromatic heterocycles. The van der Waals surface area contributed by atoms with Gasteiger partial charge in [-0.3, -0.25) is 4.90 Å². The van der Waals surface area contributed by atoms with Crippen LogP contribution in [0.15, 0.2) is 24.3 Å². The molecule has 29 heavy (non-hydrogen) atoms. The minimum Gasteiger partial charge on any atom is -0.486 e. The normalized spacial score (nSPS) is 20.3. The van der Waals surface area contributed by atoms with Crippen LogP contribution in [0, 0.1) is 18.7 Å². The van der Waals surface area contributed by atoms with E-state index in [9.17, 15) is 4.39 Å². The van der Waals surface area contributed by atoms with Crippen molar-refractivity contribution in [3.05, 3.63) is 46.9 Å². The summed E-state index contributed by atoms with van der Waals surface area (Å²) in [5, 5.41) is 0. The lowest BCUT2D eigenvalue weighted by Crippen LogP contribution is -2.38. The fourth-order valence-electron chi connectivity index (χ4n) is 4.47. The Balaban J connectivity index is 1.47. The van der Waals surface area contributed by atoms with E-state index in [2.05, 4.69) is 22.9 Å². The molecule has 156 valence electrons. The Morgan fingerprint density at radius 2 is 1.97 bits per heavy atom. The number of ether oxygens (including phenoxy) is 3. The molecule has 1 aromatic carbocycles. The number of pyridine rings is 1. The van der Waals surface area contributed by atoms with Gasteiger partial charge in [0.05, 0.1) is 7.11 Å². The van der Waals surface area contributed by atoms with Gasteiger partial charge in [-0.05, 0) is 63.3 Å². The molecule has 0 N–H and O–H groups in total. The van der Waals surface area contributed by atoms with Crippen LogP contribution in [0.5, 0.6) is 17.4 Å². The van der Waals surface area contributed by atoms with Gasteiger partial charge in [0.15, 0.2) is 11.5 Å². The van der Waals surface area contributed by atoms with Crippen LogP contribution in [-0.4, -0.2) is 43.3 Å². The number of aryl methyl sites for hydroxylation is 1. The van der Waals surface area contributed by atoms with Gasteiger partial charge in [-0.25, -0.2) is 9.37 Å². The van der Waals surface area contributed by atoms with Crippen LogP contribution in [0.3, 0.4) is 0 Å². The topological polar surface area (TPSA) is 43.8 Å². The number of halogens is 1. The minimum atomic E-state index is -0.224. The molecule has 4 rings (SSSR count). The molecule has 1 saturated heterocycles. The van der Waals surface area contributed by atoms with E-state index < -0.39 is 0 Å². The molecule has 3 heterocycles. The van der Waals surface area contributed by atoms with Gasteiger partial charge >= 0.3 is 0 Å². The quantitative estimate of drug-likeness (QED) is 0.748. The van der Waals surface area contributed by atoms with E-state index in [4.69, 9.17) is 14.2 Å². The molecule has 1 unspecified atom stereocenters. The number of rotatable bonds is 5. The zero-order valence-corrected chi connectivity index (χ0v) is 17.4. The van der Waals surface area contributed by atoms with Crippen molar-refractivity contribution in [3.63, 3.8) is 0 Å². The number of hydrogen-bond acceptors (Lipinski definition) is 5. The lowest BCUT2D eigenvalue weighted by Gasteiger charge is -2.37. The van der Waals surface area contributed by atoms with Crippen molar-refractivity contribution in [1.82, 2.24) is 9.88 Å². The zero-order valence-electron chi connectivity index (χ0n) is 17.4. The maximum Gasteiger partial charge on any atom is 0.213 e. The summed E-state index contributed by atoms with van der Waals surface area (Å²) in [6, 6.07) is 7.42. The third-order valence-corrected chi connectivity index (χ3v) is 5.93. The van der Waals surface area contributed by atoms with Gasteiger partial charge in [0.1, 0.15) is 19.0 Å². The highest BCUT2D eigenvalue weighted by Gasteiger charge is 2.28. The van der Waals surface area contributed by atoms with Gasteiger partial charge in [0, 0.05) is 36.0 Å². The van der Waals surface area contributed by atoms with Crippen molar-refractivity contribution in [2.45, 2.75) is 39.2 Å². The van der Waals surface area contributed by atoms with Crippen LogP contribution < -0.4 is 14.2 Å². The summed E-state index contributed by atoms with van der Waals surface area (Å²) < 4.78 is 31.3. The number of aromatic nitrogens is 1. The highest BCUT2D eigenvalue weighted by atomic mass is 19.1. The van der Waals surface area contributed by atoms with Crippen LogP contribution in [0.2, 0.25) is 0 Å². The largest absolute Gasteiger partial charge is 0.486 e. The summed E-state index contributed by atoms with van der Waals surface area (Å²) in [6.07, 6.45) is 3.27. The Morgan fingerprint density at radius 1 is 1.21 bits per heavy atom. The first-order valence-corrected chi connectivity index (χ1v) is 10.4. The molecule has 0 amide bonds. The number of hydrogen-bond donors (Lipinski definition) is 0. The summed E-state index contributed by atoms with van der Waals surface area (Å²) in [6.45, 7) is 6.97. The predicted molar refractivity (Wildman–Crippen MR) is 109 cm³/mol. The number of fused-ring (bicyclic) bond motifs is 1. The molecule has 2 aromatic rings. The van der Waals surface area contributed by atoms with Gasteiger partial charge in [0.2, 0.25) is 5.88 Å². The summed E-state index contributed by atoms with van der Waals surface area (Å²) >= 11 is 0. The van der Waals surface area contributed by atoms with Crippen molar-refractivity contribution in [2.75, 3.05) is 33.4 Å². The molecule has 6 heteroatoms. The number of nitrogens with zero attached hydrogens (tertiary/aromatic N) is 2. The van der Waals surface area contributed by atoms with Gasteiger partial charge < -0.3 is 14.2 Å². The van der Waals surface area contributed by atoms with Crippen LogP contribution in [-0.2, 0) is 6.42 Å². The van der Waals surface area contributed by atoms with Crippen molar-refractivity contribution in [3.8, 4) is 17.4 Å². The van der Waals surface area contributed by atoms with E-state index in [1.54, 1.807) is 7.11 Å². The summed E-state index contributed by atoms with van der Waals surface area (Å²) in [7, 11) is 1.65. The van der Waals surface area contributed by atoms with Crippen LogP contribution in [0.4, 0.5) is 4.39 Å². The standard InChI is InChI=1S/C23H29FN2O3/c1-15-9-18(11-23(25-15)27-3)10-17-5-4-6-26(14-17)16(2)19-12-21-22(13-20(19)24)29-8-7-28-21/h9,11-13,16-17H,4-8,10,14H2,1-3H3/t16?,17-/m1/s1. The second-order valence-electron chi connectivity index (χ2n) is 8.06. The van der Waals surface area contributed by atoms with E-state index in [-0.39, 0.29) is 11.9 Å². The molecule has 0 spiro atoms. The first kappa shape index (κ1) is 20.0. The lowest BCUT2D eigenvalue weighted by atomic mass is 9.90. The zero-order chi connectivity index (χ0) is 20.4. The first-order chi connectivity index (χ1) is 14.0. The van der Waals surface area contributed by atoms with Gasteiger partial charge in [-0.2, -0.15) is 0 Å². The molecule has 0 saturated carbocycles. The summed E-state index contributed by atoms with van der Waals surface area (Å²) in [4.78, 5) is 6.76. The Morgan fingerprint density at radius 3 is 2.72 bits per heavy atom. The Kier molecular flexibility index (Phi) is 5.90. The molecule has 2 aliphatic rings. The maximum atomic E-state index is 14.8. The third-order valence-electron chi connectivity index (χ3n) is 5.93. The van der Waals surface area contributed by atoms with E-state index in [1.165, 1.54) is 18.1 Å². The van der Waals surface area contributed by atoms with Crippen LogP contribution in [0.1, 0.15) is 42.6 Å². The molecule has 5 nitrogen and oxygen atoms in total. The molecular weight excluding hydrogens is 371 g/mol. The lowest BCUT2D eigenvalue weighted by molar-refractivity contribution is 0.128. The average Bonchev–Trinajstić information content (AvgIpc) is 2.72. The number of methoxy groups -OCH3 is 1. The Hall–Kier alpha value is -2.34. The second kappa shape index (κ2) is 8.57. The summed E-state index contributed by atoms with van der Waals surface area (Å²) in [5.74, 6) is 2.12. The monoisotopic (exact) mass is 400 g/mol. The SMILES string of the molecule is COc1cc(C[C@H]2CCCN(C(C)c3cc4c(cc3F)OCCO4)C2)cc(C)n1. The Labute approximate surface area is 171 Å². The second-order valence-corrected chi connectivity index (χ2v) is 8.06. The minimum absolute atomic E-state index is 0.0117. The van der Waals surface area contributed by atoms with Gasteiger partial charge in [0.25, 0.3) is 0 Å². The van der Waals surface area contributed by atoms with Crippen LogP contribution in [0.25, 0.3) is 0 Å². The number of likely N-dealkylation sites (tertiary alicyclic amines) is 1. The van der Waals surface area contributed by atoms with Crippen molar-refractivity contribution in [2.24, 2.45) is 5.92 Å². The first-order valence-electron chi connectivity index (χ1n) is 10.4. The number of piperidine rings is 1. The van der Waals surface area contributed by atoms with Gasteiger partial charge in [-0.15, -0.1) is 0 Å². The van der Waals surface area contributed by atoms with E-state index in [0.29, 0.717) is 42.1 Å². The molecule has 2 atom stereocenters. The fourth-order valence-corrected chi connectivity index (χ4v) is 4.47. The molecule has 0 radical (unpaired) electrons. The van der Waals surface area contributed by atoms with E-state index in [1.807, 2.05) is 19.1 Å². The molecular formula is C23H29FN2O3. The Bertz CT molecular complexity index is 873. The highest BCUT2D eigenvalue weighted by molar-refractivity contribution is 5.45. The van der Waals surface area contributed by atoms with E-state index in [0.717, 1.165) is 31.6 Å². The fraction of sp³-hybridized carbons (Fsp3) is 0.522. The average molecular weight is 400 g/mol. The molecule has 2 aliphatic heterocycles. The molecule has 0 aliphatic carbocycles. The smallest absolute Gasteiger partial charge is 0.213 e. The predicted octanol–water partition coefficient (Wildman–Crippen LogP) is 4.32. The van der Waals surface area contributed by atoms with Crippen LogP contribution >= 0.6 is 0 Å². The molecule has 1 fully saturated rings. The third kappa shape index (κ3) is 4.47. The maximum absolute atomic E-state index is 14.8. The van der Waals surface area contributed by atoms with Crippen molar-refractivity contribution < 1.29 is 18.6 Å². The highest BCUT2D eigenvalue weighted by Crippen LogP contribution is 2.37. The van der Waals surface area contributed by atoms with Crippen molar-refractivity contribution in [1.29, 1.82) is 0 Å². The summed E-state index contributed by atoms with van der Waals surface area (Å²) in [5.41, 5.74) is 2.90. The van der Waals surface area contributed by atoms with Gasteiger partial charge in [-0.1, -0.05) is 0 Å². The van der Waals surface area contributed by atoms with Crippen molar-refractivity contribution >= 4 is 0 Å².